The fourth-order valence-electron chi connectivity index (χ4n) is 14.7. The molecule has 1 spiro atoms. The van der Waals surface area contributed by atoms with Crippen LogP contribution in [0.5, 0.6) is 17.2 Å². The van der Waals surface area contributed by atoms with Gasteiger partial charge in [-0.25, -0.2) is 4.79 Å². The molecule has 16 heteroatoms. The molecule has 7 N–H and O–H groups in total. The summed E-state index contributed by atoms with van der Waals surface area (Å²) in [5.41, 5.74) is 2.38. The van der Waals surface area contributed by atoms with Crippen LogP contribution in [0, 0.1) is 35.5 Å². The molecule has 1 aromatic heterocycles. The number of fused-ring (bicyclic) bond motifs is 11. The molecule has 16 nitrogen and oxygen atoms in total. The van der Waals surface area contributed by atoms with Crippen LogP contribution in [0.4, 0.5) is 0 Å². The number of H-pyrrole nitrogens is 1. The number of allylic oxidation sites excluding steroid dienone is 4. The van der Waals surface area contributed by atoms with Crippen molar-refractivity contribution in [3.05, 3.63) is 129 Å². The molecular formula is C63H74N2O14. The van der Waals surface area contributed by atoms with Crippen molar-refractivity contribution in [3.8, 4) is 17.2 Å². The van der Waals surface area contributed by atoms with Crippen LogP contribution in [0.2, 0.25) is 0 Å². The third-order valence-electron chi connectivity index (χ3n) is 18.5. The van der Waals surface area contributed by atoms with Gasteiger partial charge in [-0.15, -0.1) is 0 Å². The lowest BCUT2D eigenvalue weighted by molar-refractivity contribution is -0.202. The van der Waals surface area contributed by atoms with E-state index in [1.165, 1.54) is 0 Å². The van der Waals surface area contributed by atoms with Crippen molar-refractivity contribution in [2.45, 2.75) is 101 Å². The average Bonchev–Trinajstić information content (AvgIpc) is 3.48. The van der Waals surface area contributed by atoms with Gasteiger partial charge in [0.2, 0.25) is 5.76 Å². The van der Waals surface area contributed by atoms with Gasteiger partial charge in [0, 0.05) is 98.9 Å². The molecule has 4 aromatic rings. The van der Waals surface area contributed by atoms with E-state index >= 15 is 0 Å². The number of benzene rings is 3. The third kappa shape index (κ3) is 9.59. The Labute approximate surface area is 460 Å². The number of piperidine rings is 1. The number of ketones is 1. The molecule has 0 radical (unpaired) electrons. The monoisotopic (exact) mass is 1080 g/mol. The highest BCUT2D eigenvalue weighted by Crippen LogP contribution is 2.64. The summed E-state index contributed by atoms with van der Waals surface area (Å²) in [6.45, 7) is 2.54. The van der Waals surface area contributed by atoms with Crippen LogP contribution >= 0.6 is 0 Å². The number of carbonyl (C=O) groups excluding carboxylic acids is 3. The Kier molecular flexibility index (Phi) is 15.9. The second-order valence-corrected chi connectivity index (χ2v) is 22.8. The number of hydrogen-bond acceptors (Lipinski definition) is 15. The molecule has 1 saturated carbocycles. The predicted octanol–water partition coefficient (Wildman–Crippen LogP) is 6.01. The Morgan fingerprint density at radius 2 is 1.87 bits per heavy atom. The Hall–Kier alpha value is -5.95. The van der Waals surface area contributed by atoms with E-state index < -0.39 is 77.8 Å². The molecular weight excluding hydrogens is 1010 g/mol. The maximum atomic E-state index is 14.8. The molecule has 4 aliphatic heterocycles. The van der Waals surface area contributed by atoms with Gasteiger partial charge in [0.15, 0.2) is 11.9 Å². The molecule has 3 aromatic carbocycles. The van der Waals surface area contributed by atoms with Gasteiger partial charge in [-0.3, -0.25) is 9.59 Å². The number of aromatic amines is 1. The lowest BCUT2D eigenvalue weighted by Gasteiger charge is -2.61. The number of methoxy groups -OCH3 is 1. The number of aliphatic hydroxyl groups is 6. The van der Waals surface area contributed by atoms with E-state index in [-0.39, 0.29) is 96.9 Å². The number of likely N-dealkylation sites (tertiary alicyclic amines) is 1. The molecule has 0 amide bonds. The molecule has 420 valence electrons. The topological polar surface area (TPSA) is 238 Å². The first-order chi connectivity index (χ1) is 38.4. The fourth-order valence-corrected chi connectivity index (χ4v) is 14.7. The van der Waals surface area contributed by atoms with Crippen LogP contribution < -0.4 is 14.2 Å². The van der Waals surface area contributed by atoms with Gasteiger partial charge in [-0.05, 0) is 135 Å². The normalized spacial score (nSPS) is 29.5. The number of aldehydes is 1. The van der Waals surface area contributed by atoms with Crippen LogP contribution in [0.25, 0.3) is 16.5 Å². The minimum atomic E-state index is -1.76. The van der Waals surface area contributed by atoms with Gasteiger partial charge < -0.3 is 64.2 Å². The summed E-state index contributed by atoms with van der Waals surface area (Å²) in [5, 5.41) is 72.9. The largest absolute Gasteiger partial charge is 0.492 e. The number of nitrogens with zero attached hydrogens (tertiary/aromatic N) is 1. The third-order valence-corrected chi connectivity index (χ3v) is 18.5. The molecule has 2 bridgehead atoms. The highest BCUT2D eigenvalue weighted by Gasteiger charge is 2.69. The van der Waals surface area contributed by atoms with Gasteiger partial charge in [-0.2, -0.15) is 0 Å². The first-order valence-corrected chi connectivity index (χ1v) is 28.4. The lowest BCUT2D eigenvalue weighted by Crippen LogP contribution is -2.72. The number of ether oxygens (including phenoxy) is 5. The van der Waals surface area contributed by atoms with Crippen LogP contribution in [-0.4, -0.2) is 142 Å². The maximum absolute atomic E-state index is 14.8. The lowest BCUT2D eigenvalue weighted by atomic mass is 9.49. The number of aryl methyl sites for hydroxylation is 2. The summed E-state index contributed by atoms with van der Waals surface area (Å²) in [6.07, 6.45) is 11.1. The van der Waals surface area contributed by atoms with E-state index in [9.17, 15) is 45.0 Å². The first-order valence-electron chi connectivity index (χ1n) is 28.4. The van der Waals surface area contributed by atoms with Crippen molar-refractivity contribution in [2.24, 2.45) is 35.5 Å². The Morgan fingerprint density at radius 3 is 2.62 bits per heavy atom. The molecule has 0 unspecified atom stereocenters. The number of carbonyl (C=O) groups is 3. The Morgan fingerprint density at radius 1 is 1.04 bits per heavy atom. The zero-order chi connectivity index (χ0) is 55.2. The molecule has 79 heavy (non-hydrogen) atoms. The second kappa shape index (κ2) is 22.9. The van der Waals surface area contributed by atoms with Gasteiger partial charge in [0.25, 0.3) is 0 Å². The molecule has 7 aliphatic rings. The summed E-state index contributed by atoms with van der Waals surface area (Å²) in [4.78, 5) is 48.6. The van der Waals surface area contributed by atoms with Gasteiger partial charge in [0.05, 0.1) is 49.2 Å². The van der Waals surface area contributed by atoms with E-state index in [0.717, 1.165) is 40.6 Å². The summed E-state index contributed by atoms with van der Waals surface area (Å²) < 4.78 is 32.2. The summed E-state index contributed by atoms with van der Waals surface area (Å²) in [7, 11) is 1.69. The number of aromatic nitrogens is 1. The van der Waals surface area contributed by atoms with Gasteiger partial charge in [-0.1, -0.05) is 48.1 Å². The molecule has 11 rings (SSSR count). The van der Waals surface area contributed by atoms with Crippen molar-refractivity contribution in [2.75, 3.05) is 66.4 Å². The minimum Gasteiger partial charge on any atom is -0.492 e. The average molecular weight is 1080 g/mol. The smallest absolute Gasteiger partial charge is 0.375 e. The number of Topliss-reactive ketones (excluding diaryl/α,β-unsaturated/α-hetero) is 1. The minimum absolute atomic E-state index is 0.0172. The predicted molar refractivity (Wildman–Crippen MR) is 293 cm³/mol. The molecule has 1 saturated heterocycles. The Bertz CT molecular complexity index is 3100. The molecule has 2 fully saturated rings. The summed E-state index contributed by atoms with van der Waals surface area (Å²) in [5.74, 6) is -5.20. The van der Waals surface area contributed by atoms with Gasteiger partial charge in [0.1, 0.15) is 28.6 Å². The van der Waals surface area contributed by atoms with Crippen LogP contribution in [-0.2, 0) is 49.7 Å². The maximum Gasteiger partial charge on any atom is 0.375 e. The number of hydrogen-bond donors (Lipinski definition) is 7. The van der Waals surface area contributed by atoms with E-state index in [2.05, 4.69) is 16.0 Å². The van der Waals surface area contributed by atoms with Crippen LogP contribution in [0.15, 0.2) is 95.4 Å². The standard InChI is InChI=1S/C63H74N2O14/c1-3-76-61(73)60-48(33-69)53-41-24-43(32-68)56(72)45(26-41)44-25-40-15-19-64-51(40)28-39(44)12-10-37(31-67)35-77-58-47-29-62(79-57(47)49(34-70)59(78-60)54(53)58)18-14-38(17-22-66)55-46(52(71)13-11-36-8-5-4-6-9-36)27-42-30-65(20-7-23-75-2)21-16-50(42)63(55,62)74/h4-6,8-9,14-15,18-19,25,27-28,33,37-38,42-43,45,50,52,55,64,66-68,70-71,74H,3,7,10-13,16-17,20-24,26,29-32,34-35H2,1-2H3/b53-41-/t37-,38-,42+,43+,45+,50-,52+,55+,62-,63-/m0/s1. The first kappa shape index (κ1) is 55.0. The number of aliphatic hydroxyl groups excluding tert-OH is 5. The highest BCUT2D eigenvalue weighted by molar-refractivity contribution is 6.11. The summed E-state index contributed by atoms with van der Waals surface area (Å²) in [6, 6.07) is 15.9. The molecule has 10 atom stereocenters. The van der Waals surface area contributed by atoms with E-state index in [0.29, 0.717) is 81.2 Å². The van der Waals surface area contributed by atoms with Crippen molar-refractivity contribution in [1.29, 1.82) is 0 Å². The zero-order valence-electron chi connectivity index (χ0n) is 45.2. The SMILES string of the molecule is CCOC(=O)C1=C(C=O)/C2=C3\C[C@H](CO)C(=O)[C@H](C3)c3cc4cc[nH]c4cc3CC[C@@H](CO)COc3c4c(c(CO)c(c32)O1)O[C@@]1(C=C[C@@H](CCO)[C@@H]2C([C@H](O)CCc3ccccc3)=C[C@@H]3CN(CCCOC)CC[C@@H]3[C@]21O)C4. The number of rotatable bonds is 16. The quantitative estimate of drug-likeness (QED) is 0.0295. The van der Waals surface area contributed by atoms with Crippen molar-refractivity contribution >= 4 is 34.5 Å². The van der Waals surface area contributed by atoms with Gasteiger partial charge >= 0.3 is 5.97 Å². The van der Waals surface area contributed by atoms with E-state index in [4.69, 9.17) is 23.7 Å². The molecule has 5 heterocycles. The highest BCUT2D eigenvalue weighted by atomic mass is 16.6. The van der Waals surface area contributed by atoms with Crippen molar-refractivity contribution in [3.63, 3.8) is 0 Å². The Balaban J connectivity index is 1.12. The van der Waals surface area contributed by atoms with E-state index in [1.54, 1.807) is 14.0 Å². The zero-order valence-corrected chi connectivity index (χ0v) is 45.2. The number of nitrogens with one attached hydrogen (secondary N) is 1. The van der Waals surface area contributed by atoms with Crippen LogP contribution in [0.3, 0.4) is 0 Å². The molecule has 3 aliphatic carbocycles. The number of esters is 1. The summed E-state index contributed by atoms with van der Waals surface area (Å²) >= 11 is 0. The fraction of sp³-hybridized carbons (Fsp3) is 0.508. The van der Waals surface area contributed by atoms with Crippen molar-refractivity contribution in [1.82, 2.24) is 9.88 Å². The van der Waals surface area contributed by atoms with E-state index in [1.807, 2.05) is 66.9 Å². The second-order valence-electron chi connectivity index (χ2n) is 22.8. The van der Waals surface area contributed by atoms with Crippen molar-refractivity contribution < 1.29 is 68.7 Å². The van der Waals surface area contributed by atoms with Crippen LogP contribution in [0.1, 0.15) is 91.2 Å².